The van der Waals surface area contributed by atoms with Gasteiger partial charge in [-0.25, -0.2) is 0 Å². The molecule has 0 fully saturated rings. The fraction of sp³-hybridized carbons (Fsp3) is 0. The monoisotopic (exact) mass is 667 g/mol. The Hall–Kier alpha value is -6.42. The molecule has 11 rings (SSSR count). The van der Waals surface area contributed by atoms with Crippen LogP contribution in [-0.4, -0.2) is 0 Å². The molecular weight excluding hydrogens is 639 g/mol. The van der Waals surface area contributed by atoms with E-state index in [1.807, 2.05) is 11.3 Å². The van der Waals surface area contributed by atoms with Crippen molar-refractivity contribution in [2.45, 2.75) is 0 Å². The Labute approximate surface area is 298 Å². The lowest BCUT2D eigenvalue weighted by Crippen LogP contribution is -2.10. The van der Waals surface area contributed by atoms with E-state index in [1.165, 1.54) is 58.1 Å². The first kappa shape index (κ1) is 28.4. The number of para-hydroxylation sites is 1. The van der Waals surface area contributed by atoms with E-state index in [4.69, 9.17) is 4.42 Å². The highest BCUT2D eigenvalue weighted by molar-refractivity contribution is 7.25. The highest BCUT2D eigenvalue weighted by Crippen LogP contribution is 2.48. The van der Waals surface area contributed by atoms with Crippen molar-refractivity contribution in [3.05, 3.63) is 176 Å². The van der Waals surface area contributed by atoms with Crippen LogP contribution in [0.3, 0.4) is 0 Å². The molecule has 51 heavy (non-hydrogen) atoms. The Morgan fingerprint density at radius 3 is 1.94 bits per heavy atom. The molecule has 3 heteroatoms. The number of nitrogens with zero attached hydrogens (tertiary/aromatic N) is 1. The van der Waals surface area contributed by atoms with Gasteiger partial charge in [0.25, 0.3) is 0 Å². The first-order chi connectivity index (χ1) is 25.3. The first-order valence-corrected chi connectivity index (χ1v) is 18.2. The van der Waals surface area contributed by atoms with Gasteiger partial charge in [-0.15, -0.1) is 11.3 Å². The number of rotatable bonds is 4. The second-order valence-electron chi connectivity index (χ2n) is 13.3. The van der Waals surface area contributed by atoms with Crippen LogP contribution in [0.15, 0.2) is 180 Å². The fourth-order valence-corrected chi connectivity index (χ4v) is 9.18. The molecule has 0 aliphatic carbocycles. The second-order valence-corrected chi connectivity index (χ2v) is 14.4. The van der Waals surface area contributed by atoms with Gasteiger partial charge < -0.3 is 9.32 Å². The number of anilines is 3. The van der Waals surface area contributed by atoms with Crippen LogP contribution in [0, 0.1) is 0 Å². The van der Waals surface area contributed by atoms with E-state index >= 15 is 0 Å². The van der Waals surface area contributed by atoms with Gasteiger partial charge in [0, 0.05) is 42.5 Å². The molecule has 2 heterocycles. The van der Waals surface area contributed by atoms with E-state index in [0.717, 1.165) is 44.6 Å². The first-order valence-electron chi connectivity index (χ1n) is 17.3. The van der Waals surface area contributed by atoms with Crippen molar-refractivity contribution in [1.82, 2.24) is 0 Å². The minimum atomic E-state index is 0.880. The predicted octanol–water partition coefficient (Wildman–Crippen LogP) is 14.6. The van der Waals surface area contributed by atoms with Crippen LogP contribution in [0.5, 0.6) is 0 Å². The summed E-state index contributed by atoms with van der Waals surface area (Å²) in [5.41, 5.74) is 7.31. The molecule has 0 atom stereocenters. The second kappa shape index (κ2) is 11.0. The van der Waals surface area contributed by atoms with Gasteiger partial charge in [0.1, 0.15) is 11.2 Å². The average molecular weight is 668 g/mol. The van der Waals surface area contributed by atoms with Gasteiger partial charge in [-0.3, -0.25) is 0 Å². The zero-order chi connectivity index (χ0) is 33.5. The Bertz CT molecular complexity index is 3160. The average Bonchev–Trinajstić information content (AvgIpc) is 3.77. The Morgan fingerprint density at radius 2 is 1.04 bits per heavy atom. The molecule has 0 saturated carbocycles. The van der Waals surface area contributed by atoms with Crippen molar-refractivity contribution < 1.29 is 4.42 Å². The molecule has 0 aliphatic heterocycles. The SMILES string of the molecule is c1ccc2c(-c3ccc(N(c4ccc5c(ccc6ccccc65)c4)c4ccc5sc6ccccc6c5c4)c4c3oc3ccccc34)cccc2c1. The smallest absolute Gasteiger partial charge is 0.145 e. The summed E-state index contributed by atoms with van der Waals surface area (Å²) < 4.78 is 9.45. The number of hydrogen-bond donors (Lipinski definition) is 0. The van der Waals surface area contributed by atoms with E-state index in [0.29, 0.717) is 0 Å². The summed E-state index contributed by atoms with van der Waals surface area (Å²) >= 11 is 1.85. The Kier molecular flexibility index (Phi) is 6.16. The van der Waals surface area contributed by atoms with Crippen molar-refractivity contribution in [2.24, 2.45) is 0 Å². The molecule has 0 saturated heterocycles. The van der Waals surface area contributed by atoms with E-state index in [-0.39, 0.29) is 0 Å². The zero-order valence-corrected chi connectivity index (χ0v) is 28.3. The molecule has 2 nitrogen and oxygen atoms in total. The quantitative estimate of drug-likeness (QED) is 0.174. The topological polar surface area (TPSA) is 16.4 Å². The van der Waals surface area contributed by atoms with Gasteiger partial charge in [-0.1, -0.05) is 121 Å². The maximum atomic E-state index is 6.86. The summed E-state index contributed by atoms with van der Waals surface area (Å²) in [7, 11) is 0. The normalized spacial score (nSPS) is 11.9. The summed E-state index contributed by atoms with van der Waals surface area (Å²) in [5, 5.41) is 12.2. The number of fused-ring (bicyclic) bond motifs is 10. The van der Waals surface area contributed by atoms with Crippen LogP contribution in [0.1, 0.15) is 0 Å². The molecule has 238 valence electrons. The molecule has 2 aromatic heterocycles. The lowest BCUT2D eigenvalue weighted by molar-refractivity contribution is 0.670. The summed E-state index contributed by atoms with van der Waals surface area (Å²) in [4.78, 5) is 2.43. The zero-order valence-electron chi connectivity index (χ0n) is 27.5. The third-order valence-electron chi connectivity index (χ3n) is 10.4. The minimum Gasteiger partial charge on any atom is -0.455 e. The minimum absolute atomic E-state index is 0.880. The summed E-state index contributed by atoms with van der Waals surface area (Å²) in [6.07, 6.45) is 0. The number of benzene rings is 9. The van der Waals surface area contributed by atoms with Crippen molar-refractivity contribution in [3.8, 4) is 11.1 Å². The van der Waals surface area contributed by atoms with Gasteiger partial charge in [-0.2, -0.15) is 0 Å². The molecule has 0 amide bonds. The molecule has 0 bridgehead atoms. The molecule has 9 aromatic carbocycles. The van der Waals surface area contributed by atoms with Crippen LogP contribution in [0.25, 0.3) is 85.6 Å². The van der Waals surface area contributed by atoms with E-state index in [9.17, 15) is 0 Å². The van der Waals surface area contributed by atoms with Gasteiger partial charge in [0.15, 0.2) is 0 Å². The van der Waals surface area contributed by atoms with Crippen LogP contribution >= 0.6 is 11.3 Å². The van der Waals surface area contributed by atoms with Crippen molar-refractivity contribution in [2.75, 3.05) is 4.90 Å². The van der Waals surface area contributed by atoms with Crippen LogP contribution < -0.4 is 4.90 Å². The number of thiophene rings is 1. The highest BCUT2D eigenvalue weighted by atomic mass is 32.1. The molecule has 11 aromatic rings. The van der Waals surface area contributed by atoms with E-state index in [2.05, 4.69) is 181 Å². The third-order valence-corrected chi connectivity index (χ3v) is 11.6. The van der Waals surface area contributed by atoms with Crippen LogP contribution in [0.2, 0.25) is 0 Å². The molecular formula is C48H29NOS. The molecule has 0 spiro atoms. The van der Waals surface area contributed by atoms with Gasteiger partial charge in [0.2, 0.25) is 0 Å². The number of hydrogen-bond acceptors (Lipinski definition) is 3. The largest absolute Gasteiger partial charge is 0.455 e. The van der Waals surface area contributed by atoms with Crippen molar-refractivity contribution in [1.29, 1.82) is 0 Å². The summed E-state index contributed by atoms with van der Waals surface area (Å²) in [5.74, 6) is 0. The van der Waals surface area contributed by atoms with Crippen LogP contribution in [-0.2, 0) is 0 Å². The van der Waals surface area contributed by atoms with E-state index < -0.39 is 0 Å². The third kappa shape index (κ3) is 4.35. The summed E-state index contributed by atoms with van der Waals surface area (Å²) in [6.45, 7) is 0. The molecule has 0 radical (unpaired) electrons. The lowest BCUT2D eigenvalue weighted by Gasteiger charge is -2.27. The maximum Gasteiger partial charge on any atom is 0.145 e. The predicted molar refractivity (Wildman–Crippen MR) is 219 cm³/mol. The summed E-state index contributed by atoms with van der Waals surface area (Å²) in [6, 6.07) is 63.8. The van der Waals surface area contributed by atoms with E-state index in [1.54, 1.807) is 0 Å². The highest BCUT2D eigenvalue weighted by Gasteiger charge is 2.23. The Morgan fingerprint density at radius 1 is 0.392 bits per heavy atom. The van der Waals surface area contributed by atoms with Crippen LogP contribution in [0.4, 0.5) is 17.1 Å². The lowest BCUT2D eigenvalue weighted by atomic mass is 9.95. The standard InChI is InChI=1S/C48H29NOS/c1-4-14-36-30(10-1)12-9-17-38(36)40-25-26-43(47-41-16-5-7-18-44(41)50-48(40)47)49(34-23-27-46-42(29-34)39-15-6-8-19-45(39)51-46)33-22-24-37-32(28-33)21-20-31-11-2-3-13-35(31)37/h1-29H. The van der Waals surface area contributed by atoms with Gasteiger partial charge >= 0.3 is 0 Å². The van der Waals surface area contributed by atoms with Gasteiger partial charge in [0.05, 0.1) is 11.1 Å². The number of furan rings is 1. The van der Waals surface area contributed by atoms with Gasteiger partial charge in [-0.05, 0) is 92.5 Å². The van der Waals surface area contributed by atoms with Crippen molar-refractivity contribution in [3.63, 3.8) is 0 Å². The molecule has 0 N–H and O–H groups in total. The molecule has 0 aliphatic rings. The Balaban J connectivity index is 1.22. The molecule has 0 unspecified atom stereocenters. The van der Waals surface area contributed by atoms with Crippen molar-refractivity contribution >= 4 is 103 Å². The maximum absolute atomic E-state index is 6.86. The fourth-order valence-electron chi connectivity index (χ4n) is 8.09.